The van der Waals surface area contributed by atoms with Crippen molar-refractivity contribution in [1.29, 1.82) is 0 Å². The fourth-order valence-corrected chi connectivity index (χ4v) is 1.77. The molecular weight excluding hydrogens is 265 g/mol. The van der Waals surface area contributed by atoms with Crippen LogP contribution in [0.25, 0.3) is 0 Å². The maximum Gasteiger partial charge on any atom is 0.323 e. The summed E-state index contributed by atoms with van der Waals surface area (Å²) in [5.41, 5.74) is 5.77. The van der Waals surface area contributed by atoms with Gasteiger partial charge in [0.05, 0.1) is 12.1 Å². The summed E-state index contributed by atoms with van der Waals surface area (Å²) < 4.78 is 4.43. The monoisotopic (exact) mass is 275 g/mol. The zero-order valence-electron chi connectivity index (χ0n) is 9.07. The normalized spacial score (nSPS) is 12.0. The van der Waals surface area contributed by atoms with Crippen LogP contribution in [0.3, 0.4) is 0 Å². The molecule has 4 nitrogen and oxygen atoms in total. The van der Waals surface area contributed by atoms with Crippen LogP contribution in [0.2, 0.25) is 10.0 Å². The lowest BCUT2D eigenvalue weighted by molar-refractivity contribution is -0.142. The highest BCUT2D eigenvalue weighted by atomic mass is 35.5. The SMILES string of the molecule is COC(=O)[C@H](N)CC(=O)c1ccc(Cl)cc1Cl. The molecule has 0 heterocycles. The molecule has 17 heavy (non-hydrogen) atoms. The Morgan fingerprint density at radius 2 is 2.06 bits per heavy atom. The second kappa shape index (κ2) is 6.00. The Kier molecular flexibility index (Phi) is 4.93. The molecule has 92 valence electrons. The highest BCUT2D eigenvalue weighted by Crippen LogP contribution is 2.22. The molecular formula is C11H11Cl2NO3. The van der Waals surface area contributed by atoms with Gasteiger partial charge in [-0.15, -0.1) is 0 Å². The van der Waals surface area contributed by atoms with Crippen molar-refractivity contribution in [3.05, 3.63) is 33.8 Å². The summed E-state index contributed by atoms with van der Waals surface area (Å²) in [7, 11) is 1.21. The zero-order valence-corrected chi connectivity index (χ0v) is 10.6. The van der Waals surface area contributed by atoms with Crippen LogP contribution in [0, 0.1) is 0 Å². The number of halogens is 2. The predicted molar refractivity (Wildman–Crippen MR) is 65.4 cm³/mol. The molecule has 0 unspecified atom stereocenters. The Morgan fingerprint density at radius 3 is 2.59 bits per heavy atom. The van der Waals surface area contributed by atoms with Gasteiger partial charge in [0.1, 0.15) is 6.04 Å². The third-order valence-corrected chi connectivity index (χ3v) is 2.69. The average Bonchev–Trinajstić information content (AvgIpc) is 2.27. The third kappa shape index (κ3) is 3.70. The minimum absolute atomic E-state index is 0.159. The van der Waals surface area contributed by atoms with Crippen LogP contribution < -0.4 is 5.73 Å². The maximum absolute atomic E-state index is 11.8. The first-order valence-electron chi connectivity index (χ1n) is 4.77. The molecule has 0 bridgehead atoms. The number of carbonyl (C=O) groups excluding carboxylic acids is 2. The van der Waals surface area contributed by atoms with Gasteiger partial charge in [-0.25, -0.2) is 0 Å². The number of methoxy groups -OCH3 is 1. The third-order valence-electron chi connectivity index (χ3n) is 2.14. The summed E-state index contributed by atoms with van der Waals surface area (Å²) in [6.07, 6.45) is -0.159. The molecule has 1 atom stereocenters. The molecule has 0 fully saturated rings. The van der Waals surface area contributed by atoms with Gasteiger partial charge in [-0.05, 0) is 18.2 Å². The number of rotatable bonds is 4. The van der Waals surface area contributed by atoms with Crippen molar-refractivity contribution in [1.82, 2.24) is 0 Å². The Balaban J connectivity index is 2.80. The fourth-order valence-electron chi connectivity index (χ4n) is 1.26. The second-order valence-electron chi connectivity index (χ2n) is 3.38. The quantitative estimate of drug-likeness (QED) is 0.675. The molecule has 2 N–H and O–H groups in total. The van der Waals surface area contributed by atoms with E-state index < -0.39 is 12.0 Å². The van der Waals surface area contributed by atoms with E-state index in [1.54, 1.807) is 6.07 Å². The van der Waals surface area contributed by atoms with Crippen molar-refractivity contribution in [2.75, 3.05) is 7.11 Å². The van der Waals surface area contributed by atoms with E-state index in [4.69, 9.17) is 28.9 Å². The molecule has 6 heteroatoms. The lowest BCUT2D eigenvalue weighted by Gasteiger charge is -2.09. The first kappa shape index (κ1) is 14.0. The highest BCUT2D eigenvalue weighted by molar-refractivity contribution is 6.36. The van der Waals surface area contributed by atoms with E-state index in [9.17, 15) is 9.59 Å². The Bertz CT molecular complexity index is 448. The molecule has 0 aliphatic carbocycles. The minimum atomic E-state index is -0.987. The summed E-state index contributed by atoms with van der Waals surface area (Å²) in [5.74, 6) is -0.965. The van der Waals surface area contributed by atoms with Gasteiger partial charge in [-0.1, -0.05) is 23.2 Å². The van der Waals surface area contributed by atoms with Crippen molar-refractivity contribution in [2.45, 2.75) is 12.5 Å². The van der Waals surface area contributed by atoms with Gasteiger partial charge in [0, 0.05) is 17.0 Å². The van der Waals surface area contributed by atoms with Gasteiger partial charge >= 0.3 is 5.97 Å². The smallest absolute Gasteiger partial charge is 0.323 e. The van der Waals surface area contributed by atoms with Crippen molar-refractivity contribution < 1.29 is 14.3 Å². The Labute approximate surface area is 109 Å². The fraction of sp³-hybridized carbons (Fsp3) is 0.273. The molecule has 0 aromatic heterocycles. The minimum Gasteiger partial charge on any atom is -0.468 e. The second-order valence-corrected chi connectivity index (χ2v) is 4.22. The van der Waals surface area contributed by atoms with Gasteiger partial charge in [-0.3, -0.25) is 9.59 Å². The zero-order chi connectivity index (χ0) is 13.0. The molecule has 1 rings (SSSR count). The lowest BCUT2D eigenvalue weighted by atomic mass is 10.0. The van der Waals surface area contributed by atoms with Crippen LogP contribution in [0.5, 0.6) is 0 Å². The van der Waals surface area contributed by atoms with Crippen LogP contribution in [-0.2, 0) is 9.53 Å². The summed E-state index contributed by atoms with van der Waals surface area (Å²) >= 11 is 11.6. The summed E-state index contributed by atoms with van der Waals surface area (Å²) in [6.45, 7) is 0. The van der Waals surface area contributed by atoms with Gasteiger partial charge in [0.25, 0.3) is 0 Å². The van der Waals surface area contributed by atoms with E-state index in [0.717, 1.165) is 0 Å². The summed E-state index contributed by atoms with van der Waals surface area (Å²) in [5, 5.41) is 0.670. The molecule has 0 spiro atoms. The number of carbonyl (C=O) groups is 2. The number of ether oxygens (including phenoxy) is 1. The molecule has 0 saturated carbocycles. The topological polar surface area (TPSA) is 69.4 Å². The number of benzene rings is 1. The first-order chi connectivity index (χ1) is 7.95. The Hall–Kier alpha value is -1.10. The van der Waals surface area contributed by atoms with E-state index in [1.165, 1.54) is 19.2 Å². The van der Waals surface area contributed by atoms with Gasteiger partial charge in [0.15, 0.2) is 5.78 Å². The molecule has 1 aromatic carbocycles. The van der Waals surface area contributed by atoms with E-state index in [-0.39, 0.29) is 22.8 Å². The summed E-state index contributed by atoms with van der Waals surface area (Å²) in [4.78, 5) is 22.9. The number of nitrogens with two attached hydrogens (primary N) is 1. The number of Topliss-reactive ketones (excluding diaryl/α,β-unsaturated/α-hetero) is 1. The molecule has 0 aliphatic heterocycles. The molecule has 0 amide bonds. The standard InChI is InChI=1S/C11H11Cl2NO3/c1-17-11(16)9(14)5-10(15)7-3-2-6(12)4-8(7)13/h2-4,9H,5,14H2,1H3/t9-/m1/s1. The van der Waals surface area contributed by atoms with Crippen molar-refractivity contribution >= 4 is 35.0 Å². The molecule has 0 radical (unpaired) electrons. The van der Waals surface area contributed by atoms with E-state index in [0.29, 0.717) is 5.02 Å². The van der Waals surface area contributed by atoms with Crippen LogP contribution in [0.1, 0.15) is 16.8 Å². The lowest BCUT2D eigenvalue weighted by Crippen LogP contribution is -2.33. The highest BCUT2D eigenvalue weighted by Gasteiger charge is 2.20. The van der Waals surface area contributed by atoms with Crippen molar-refractivity contribution in [3.8, 4) is 0 Å². The number of ketones is 1. The van der Waals surface area contributed by atoms with Crippen LogP contribution in [0.4, 0.5) is 0 Å². The van der Waals surface area contributed by atoms with Gasteiger partial charge in [-0.2, -0.15) is 0 Å². The van der Waals surface area contributed by atoms with Gasteiger partial charge in [0.2, 0.25) is 0 Å². The number of hydrogen-bond donors (Lipinski definition) is 1. The van der Waals surface area contributed by atoms with E-state index in [1.807, 2.05) is 0 Å². The number of esters is 1. The largest absolute Gasteiger partial charge is 0.468 e. The number of hydrogen-bond acceptors (Lipinski definition) is 4. The Morgan fingerprint density at radius 1 is 1.41 bits per heavy atom. The maximum atomic E-state index is 11.8. The summed E-state index contributed by atoms with van der Waals surface area (Å²) in [6, 6.07) is 3.51. The molecule has 0 aliphatic rings. The van der Waals surface area contributed by atoms with Crippen molar-refractivity contribution in [3.63, 3.8) is 0 Å². The average molecular weight is 276 g/mol. The van der Waals surface area contributed by atoms with Crippen LogP contribution in [0.15, 0.2) is 18.2 Å². The molecule has 0 saturated heterocycles. The van der Waals surface area contributed by atoms with Crippen LogP contribution in [-0.4, -0.2) is 24.9 Å². The van der Waals surface area contributed by atoms with Crippen LogP contribution >= 0.6 is 23.2 Å². The first-order valence-corrected chi connectivity index (χ1v) is 5.53. The van der Waals surface area contributed by atoms with E-state index in [2.05, 4.69) is 4.74 Å². The predicted octanol–water partition coefficient (Wildman–Crippen LogP) is 2.07. The molecule has 1 aromatic rings. The van der Waals surface area contributed by atoms with Crippen molar-refractivity contribution in [2.24, 2.45) is 5.73 Å². The van der Waals surface area contributed by atoms with Gasteiger partial charge < -0.3 is 10.5 Å². The van der Waals surface area contributed by atoms with E-state index >= 15 is 0 Å².